The van der Waals surface area contributed by atoms with Gasteiger partial charge in [-0.1, -0.05) is 0 Å². The van der Waals surface area contributed by atoms with Crippen LogP contribution in [0.25, 0.3) is 0 Å². The Balaban J connectivity index is 2.08. The molecule has 0 bridgehead atoms. The Bertz CT molecular complexity index is 878. The second-order valence-electron chi connectivity index (χ2n) is 5.11. The molecule has 128 valence electrons. The lowest BCUT2D eigenvalue weighted by molar-refractivity contribution is -0.128. The van der Waals surface area contributed by atoms with Crippen molar-refractivity contribution in [2.75, 3.05) is 0 Å². The normalized spacial score (nSPS) is 10.2. The lowest BCUT2D eigenvalue weighted by Crippen LogP contribution is -2.42. The number of halogens is 3. The minimum atomic E-state index is -0.943. The third kappa shape index (κ3) is 4.22. The van der Waals surface area contributed by atoms with Gasteiger partial charge < -0.3 is 0 Å². The van der Waals surface area contributed by atoms with Crippen LogP contribution < -0.4 is 5.84 Å². The second-order valence-corrected chi connectivity index (χ2v) is 5.11. The highest BCUT2D eigenvalue weighted by Crippen LogP contribution is 2.14. The fourth-order valence-electron chi connectivity index (χ4n) is 2.09. The number of nitriles is 1. The summed E-state index contributed by atoms with van der Waals surface area (Å²) >= 11 is 0. The maximum Gasteiger partial charge on any atom is 0.274 e. The van der Waals surface area contributed by atoms with Gasteiger partial charge in [-0.2, -0.15) is 5.26 Å². The van der Waals surface area contributed by atoms with Crippen LogP contribution in [0.1, 0.15) is 27.9 Å². The number of amides is 2. The summed E-state index contributed by atoms with van der Waals surface area (Å²) in [5.74, 6) is 1.52. The van der Waals surface area contributed by atoms with E-state index in [1.165, 1.54) is 0 Å². The van der Waals surface area contributed by atoms with Gasteiger partial charge in [-0.05, 0) is 48.4 Å². The molecule has 2 N–H and O–H groups in total. The van der Waals surface area contributed by atoms with Crippen LogP contribution in [-0.2, 0) is 11.2 Å². The number of benzene rings is 2. The number of nitrogens with zero attached hydrogens (tertiary/aromatic N) is 2. The largest absolute Gasteiger partial charge is 0.274 e. The van der Waals surface area contributed by atoms with E-state index in [0.717, 1.165) is 36.4 Å². The van der Waals surface area contributed by atoms with Crippen molar-refractivity contribution >= 4 is 11.8 Å². The zero-order valence-corrected chi connectivity index (χ0v) is 12.8. The summed E-state index contributed by atoms with van der Waals surface area (Å²) in [5.41, 5.74) is -0.540. The van der Waals surface area contributed by atoms with E-state index in [9.17, 15) is 22.8 Å². The fourth-order valence-corrected chi connectivity index (χ4v) is 2.09. The highest BCUT2D eigenvalue weighted by Gasteiger charge is 2.21. The van der Waals surface area contributed by atoms with Crippen molar-refractivity contribution in [2.24, 2.45) is 5.84 Å². The van der Waals surface area contributed by atoms with Gasteiger partial charge in [0.05, 0.1) is 5.56 Å². The summed E-state index contributed by atoms with van der Waals surface area (Å²) in [4.78, 5) is 24.1. The highest BCUT2D eigenvalue weighted by molar-refractivity contribution is 6.04. The van der Waals surface area contributed by atoms with E-state index in [0.29, 0.717) is 5.01 Å². The van der Waals surface area contributed by atoms with E-state index in [4.69, 9.17) is 11.1 Å². The first-order chi connectivity index (χ1) is 11.8. The first kappa shape index (κ1) is 18.2. The van der Waals surface area contributed by atoms with Gasteiger partial charge in [-0.25, -0.2) is 24.0 Å². The Morgan fingerprint density at radius 1 is 1.08 bits per heavy atom. The molecule has 0 fully saturated rings. The average Bonchev–Trinajstić information content (AvgIpc) is 2.61. The number of rotatable bonds is 4. The lowest BCUT2D eigenvalue weighted by atomic mass is 10.1. The zero-order valence-electron chi connectivity index (χ0n) is 12.8. The maximum atomic E-state index is 13.5. The molecule has 2 aromatic carbocycles. The molecule has 5 nitrogen and oxygen atoms in total. The van der Waals surface area contributed by atoms with E-state index >= 15 is 0 Å². The highest BCUT2D eigenvalue weighted by atomic mass is 19.1. The monoisotopic (exact) mass is 347 g/mol. The van der Waals surface area contributed by atoms with Crippen LogP contribution in [0.15, 0.2) is 36.4 Å². The molecule has 0 aliphatic heterocycles. The van der Waals surface area contributed by atoms with Crippen molar-refractivity contribution in [1.29, 1.82) is 5.26 Å². The van der Waals surface area contributed by atoms with Gasteiger partial charge in [0.1, 0.15) is 23.5 Å². The molecule has 2 rings (SSSR count). The Morgan fingerprint density at radius 2 is 1.76 bits per heavy atom. The smallest absolute Gasteiger partial charge is 0.273 e. The molecule has 8 heteroatoms. The van der Waals surface area contributed by atoms with Crippen molar-refractivity contribution in [2.45, 2.75) is 12.8 Å². The molecule has 0 radical (unpaired) electrons. The molecule has 0 saturated carbocycles. The molecule has 0 unspecified atom stereocenters. The molecule has 0 saturated heterocycles. The van der Waals surface area contributed by atoms with Crippen LogP contribution >= 0.6 is 0 Å². The number of nitrogens with two attached hydrogens (primary N) is 1. The number of carbonyl (C=O) groups is 2. The lowest BCUT2D eigenvalue weighted by Gasteiger charge is -2.15. The van der Waals surface area contributed by atoms with Crippen molar-refractivity contribution in [3.63, 3.8) is 0 Å². The summed E-state index contributed by atoms with van der Waals surface area (Å²) in [7, 11) is 0. The van der Waals surface area contributed by atoms with Crippen molar-refractivity contribution in [3.05, 3.63) is 70.5 Å². The number of aryl methyl sites for hydroxylation is 1. The van der Waals surface area contributed by atoms with Gasteiger partial charge in [0, 0.05) is 12.0 Å². The van der Waals surface area contributed by atoms with Gasteiger partial charge in [0.2, 0.25) is 5.91 Å². The second kappa shape index (κ2) is 7.59. The quantitative estimate of drug-likeness (QED) is 0.523. The molecular formula is C17H12F3N3O2. The molecular weight excluding hydrogens is 335 g/mol. The van der Waals surface area contributed by atoms with Crippen LogP contribution in [0.2, 0.25) is 0 Å². The Hall–Kier alpha value is -3.18. The number of carbonyl (C=O) groups excluding carboxylic acids is 2. The molecule has 0 aliphatic rings. The number of imide groups is 1. The number of hydrazine groups is 1. The molecule has 0 atom stereocenters. The third-order valence-electron chi connectivity index (χ3n) is 3.44. The summed E-state index contributed by atoms with van der Waals surface area (Å²) in [6.07, 6.45) is -0.495. The summed E-state index contributed by atoms with van der Waals surface area (Å²) in [6.45, 7) is 0. The summed E-state index contributed by atoms with van der Waals surface area (Å²) in [5, 5.41) is 9.05. The van der Waals surface area contributed by atoms with E-state index in [1.54, 1.807) is 6.07 Å². The standard InChI is InChI=1S/C17H12F3N3O2/c18-13-3-5-14(19)10(8-13)2-6-16(24)23(22)17(25)11-1-4-15(20)12(7-11)9-21/h1,3-5,7-8H,2,6,22H2. The van der Waals surface area contributed by atoms with Crippen molar-refractivity contribution in [3.8, 4) is 6.07 Å². The van der Waals surface area contributed by atoms with Crippen LogP contribution in [0.3, 0.4) is 0 Å². The van der Waals surface area contributed by atoms with E-state index < -0.39 is 29.3 Å². The van der Waals surface area contributed by atoms with Gasteiger partial charge >= 0.3 is 0 Å². The van der Waals surface area contributed by atoms with Gasteiger partial charge in [0.25, 0.3) is 5.91 Å². The Labute approximate surface area is 141 Å². The molecule has 2 aromatic rings. The minimum absolute atomic E-state index is 0.0252. The summed E-state index contributed by atoms with van der Waals surface area (Å²) < 4.78 is 39.9. The van der Waals surface area contributed by atoms with Crippen molar-refractivity contribution < 1.29 is 22.8 Å². The zero-order chi connectivity index (χ0) is 18.6. The predicted molar refractivity (Wildman–Crippen MR) is 81.2 cm³/mol. The van der Waals surface area contributed by atoms with Crippen LogP contribution in [-0.4, -0.2) is 16.8 Å². The molecule has 25 heavy (non-hydrogen) atoms. The van der Waals surface area contributed by atoms with Crippen LogP contribution in [0.4, 0.5) is 13.2 Å². The third-order valence-corrected chi connectivity index (χ3v) is 3.44. The number of hydrogen-bond donors (Lipinski definition) is 1. The molecule has 0 spiro atoms. The molecule has 0 aromatic heterocycles. The molecule has 0 heterocycles. The van der Waals surface area contributed by atoms with Gasteiger partial charge in [-0.15, -0.1) is 0 Å². The van der Waals surface area contributed by atoms with Crippen LogP contribution in [0, 0.1) is 28.8 Å². The Morgan fingerprint density at radius 3 is 2.44 bits per heavy atom. The van der Waals surface area contributed by atoms with Crippen LogP contribution in [0.5, 0.6) is 0 Å². The molecule has 0 aliphatic carbocycles. The average molecular weight is 347 g/mol. The minimum Gasteiger partial charge on any atom is -0.273 e. The fraction of sp³-hybridized carbons (Fsp3) is 0.118. The first-order valence-corrected chi connectivity index (χ1v) is 7.09. The van der Waals surface area contributed by atoms with Crippen molar-refractivity contribution in [1.82, 2.24) is 5.01 Å². The Kier molecular flexibility index (Phi) is 5.52. The number of hydrogen-bond acceptors (Lipinski definition) is 4. The summed E-state index contributed by atoms with van der Waals surface area (Å²) in [6, 6.07) is 7.35. The predicted octanol–water partition coefficient (Wildman–Crippen LogP) is 2.45. The van der Waals surface area contributed by atoms with Gasteiger partial charge in [0.15, 0.2) is 0 Å². The molecule has 2 amide bonds. The topological polar surface area (TPSA) is 87.2 Å². The maximum absolute atomic E-state index is 13.5. The van der Waals surface area contributed by atoms with E-state index in [1.807, 2.05) is 0 Å². The van der Waals surface area contributed by atoms with Gasteiger partial charge in [-0.3, -0.25) is 9.59 Å². The van der Waals surface area contributed by atoms with E-state index in [2.05, 4.69) is 0 Å². The SMILES string of the molecule is N#Cc1cc(C(=O)N(N)C(=O)CCc2cc(F)ccc2F)ccc1F. The first-order valence-electron chi connectivity index (χ1n) is 7.09. The van der Waals surface area contributed by atoms with E-state index in [-0.39, 0.29) is 29.5 Å².